The van der Waals surface area contributed by atoms with Crippen LogP contribution in [0.2, 0.25) is 0 Å². The number of hydrogen-bond donors (Lipinski definition) is 1. The zero-order valence-electron chi connectivity index (χ0n) is 10.4. The standard InChI is InChI=1S/C13H13N3O3/c1-19-12-5-3-2-4-10(12)9-15-13-8-11(16(17)18)6-7-14-13/h2-8H,9H2,1H3,(H,14,15). The van der Waals surface area contributed by atoms with Crippen LogP contribution in [0.1, 0.15) is 5.56 Å². The molecular formula is C13H13N3O3. The van der Waals surface area contributed by atoms with E-state index in [1.165, 1.54) is 18.3 Å². The summed E-state index contributed by atoms with van der Waals surface area (Å²) in [6.07, 6.45) is 1.41. The molecule has 2 aromatic rings. The predicted octanol–water partition coefficient (Wildman–Crippen LogP) is 2.61. The summed E-state index contributed by atoms with van der Waals surface area (Å²) in [5.41, 5.74) is 0.968. The van der Waals surface area contributed by atoms with E-state index in [4.69, 9.17) is 4.74 Å². The first-order chi connectivity index (χ1) is 9.20. The number of ether oxygens (including phenoxy) is 1. The normalized spacial score (nSPS) is 9.95. The summed E-state index contributed by atoms with van der Waals surface area (Å²) in [5.74, 6) is 1.22. The van der Waals surface area contributed by atoms with Gasteiger partial charge in [0.05, 0.1) is 18.1 Å². The molecule has 0 radical (unpaired) electrons. The molecule has 1 aromatic carbocycles. The Morgan fingerprint density at radius 2 is 2.16 bits per heavy atom. The zero-order valence-corrected chi connectivity index (χ0v) is 10.4. The summed E-state index contributed by atoms with van der Waals surface area (Å²) in [7, 11) is 1.60. The van der Waals surface area contributed by atoms with Crippen LogP contribution >= 0.6 is 0 Å². The molecule has 0 aliphatic rings. The maximum absolute atomic E-state index is 10.7. The van der Waals surface area contributed by atoms with Crippen molar-refractivity contribution in [2.75, 3.05) is 12.4 Å². The van der Waals surface area contributed by atoms with Gasteiger partial charge in [0.15, 0.2) is 0 Å². The van der Waals surface area contributed by atoms with Crippen molar-refractivity contribution in [1.82, 2.24) is 4.98 Å². The average Bonchev–Trinajstić information content (AvgIpc) is 2.45. The van der Waals surface area contributed by atoms with Gasteiger partial charge in [0.2, 0.25) is 0 Å². The molecule has 0 atom stereocenters. The van der Waals surface area contributed by atoms with E-state index in [2.05, 4.69) is 10.3 Å². The minimum Gasteiger partial charge on any atom is -0.496 e. The van der Waals surface area contributed by atoms with Gasteiger partial charge in [-0.25, -0.2) is 4.98 Å². The van der Waals surface area contributed by atoms with Crippen LogP contribution in [0.5, 0.6) is 5.75 Å². The van der Waals surface area contributed by atoms with Crippen molar-refractivity contribution in [2.24, 2.45) is 0 Å². The lowest BCUT2D eigenvalue weighted by molar-refractivity contribution is -0.384. The fourth-order valence-electron chi connectivity index (χ4n) is 1.66. The van der Waals surface area contributed by atoms with Crippen molar-refractivity contribution in [2.45, 2.75) is 6.54 Å². The Labute approximate surface area is 110 Å². The van der Waals surface area contributed by atoms with Gasteiger partial charge in [-0.05, 0) is 6.07 Å². The molecule has 19 heavy (non-hydrogen) atoms. The fourth-order valence-corrected chi connectivity index (χ4v) is 1.66. The van der Waals surface area contributed by atoms with Gasteiger partial charge in [-0.1, -0.05) is 18.2 Å². The third-order valence-electron chi connectivity index (χ3n) is 2.61. The Kier molecular flexibility index (Phi) is 3.92. The highest BCUT2D eigenvalue weighted by molar-refractivity contribution is 5.45. The minimum absolute atomic E-state index is 0.0116. The molecule has 0 saturated carbocycles. The summed E-state index contributed by atoms with van der Waals surface area (Å²) < 4.78 is 5.23. The van der Waals surface area contributed by atoms with Gasteiger partial charge >= 0.3 is 0 Å². The fraction of sp³-hybridized carbons (Fsp3) is 0.154. The number of methoxy groups -OCH3 is 1. The number of anilines is 1. The molecule has 0 bridgehead atoms. The topological polar surface area (TPSA) is 77.3 Å². The number of pyridine rings is 1. The van der Waals surface area contributed by atoms with Gasteiger partial charge < -0.3 is 10.1 Å². The van der Waals surface area contributed by atoms with E-state index in [1.807, 2.05) is 24.3 Å². The van der Waals surface area contributed by atoms with Crippen LogP contribution in [-0.4, -0.2) is 17.0 Å². The third kappa shape index (κ3) is 3.19. The molecule has 6 heteroatoms. The van der Waals surface area contributed by atoms with Crippen molar-refractivity contribution in [3.05, 3.63) is 58.3 Å². The lowest BCUT2D eigenvalue weighted by atomic mass is 10.2. The number of benzene rings is 1. The Morgan fingerprint density at radius 3 is 2.89 bits per heavy atom. The lowest BCUT2D eigenvalue weighted by Crippen LogP contribution is -2.03. The summed E-state index contributed by atoms with van der Waals surface area (Å²) in [6.45, 7) is 0.484. The molecule has 0 aliphatic carbocycles. The van der Waals surface area contributed by atoms with Crippen LogP contribution in [-0.2, 0) is 6.54 Å². The second-order valence-corrected chi connectivity index (χ2v) is 3.82. The van der Waals surface area contributed by atoms with Crippen molar-refractivity contribution in [1.29, 1.82) is 0 Å². The lowest BCUT2D eigenvalue weighted by Gasteiger charge is -2.09. The first kappa shape index (κ1) is 12.8. The highest BCUT2D eigenvalue weighted by Gasteiger charge is 2.07. The second-order valence-electron chi connectivity index (χ2n) is 3.82. The molecule has 98 valence electrons. The summed E-state index contributed by atoms with van der Waals surface area (Å²) >= 11 is 0. The Balaban J connectivity index is 2.10. The summed E-state index contributed by atoms with van der Waals surface area (Å²) in [5, 5.41) is 13.7. The van der Waals surface area contributed by atoms with Crippen LogP contribution in [0.4, 0.5) is 11.5 Å². The number of para-hydroxylation sites is 1. The van der Waals surface area contributed by atoms with E-state index in [0.29, 0.717) is 12.4 Å². The molecule has 2 rings (SSSR count). The number of nitrogens with one attached hydrogen (secondary N) is 1. The smallest absolute Gasteiger partial charge is 0.274 e. The Hall–Kier alpha value is -2.63. The van der Waals surface area contributed by atoms with Gasteiger partial charge in [-0.15, -0.1) is 0 Å². The molecule has 0 fully saturated rings. The largest absolute Gasteiger partial charge is 0.496 e. The van der Waals surface area contributed by atoms with Crippen LogP contribution < -0.4 is 10.1 Å². The van der Waals surface area contributed by atoms with Crippen molar-refractivity contribution >= 4 is 11.5 Å². The minimum atomic E-state index is -0.448. The molecule has 6 nitrogen and oxygen atoms in total. The van der Waals surface area contributed by atoms with Crippen molar-refractivity contribution in [3.8, 4) is 5.75 Å². The SMILES string of the molecule is COc1ccccc1CNc1cc([N+](=O)[O-])ccn1. The van der Waals surface area contributed by atoms with Gasteiger partial charge in [0.1, 0.15) is 11.6 Å². The molecule has 0 spiro atoms. The molecule has 0 amide bonds. The molecule has 0 unspecified atom stereocenters. The van der Waals surface area contributed by atoms with E-state index < -0.39 is 4.92 Å². The number of nitrogens with zero attached hydrogens (tertiary/aromatic N) is 2. The highest BCUT2D eigenvalue weighted by Crippen LogP contribution is 2.19. The summed E-state index contributed by atoms with van der Waals surface area (Å²) in [6, 6.07) is 10.3. The Morgan fingerprint density at radius 1 is 1.37 bits per heavy atom. The number of rotatable bonds is 5. The zero-order chi connectivity index (χ0) is 13.7. The first-order valence-corrected chi connectivity index (χ1v) is 5.67. The maximum Gasteiger partial charge on any atom is 0.274 e. The van der Waals surface area contributed by atoms with E-state index in [0.717, 1.165) is 11.3 Å². The molecule has 1 aromatic heterocycles. The van der Waals surface area contributed by atoms with Gasteiger partial charge in [-0.3, -0.25) is 10.1 Å². The quantitative estimate of drug-likeness (QED) is 0.659. The highest BCUT2D eigenvalue weighted by atomic mass is 16.6. The number of hydrogen-bond acceptors (Lipinski definition) is 5. The van der Waals surface area contributed by atoms with Gasteiger partial charge in [0.25, 0.3) is 5.69 Å². The van der Waals surface area contributed by atoms with E-state index >= 15 is 0 Å². The van der Waals surface area contributed by atoms with E-state index in [9.17, 15) is 10.1 Å². The predicted molar refractivity (Wildman–Crippen MR) is 71.2 cm³/mol. The average molecular weight is 259 g/mol. The Bertz CT molecular complexity index is 587. The van der Waals surface area contributed by atoms with Crippen LogP contribution in [0.3, 0.4) is 0 Å². The van der Waals surface area contributed by atoms with E-state index in [-0.39, 0.29) is 5.69 Å². The molecule has 1 heterocycles. The van der Waals surface area contributed by atoms with Crippen LogP contribution in [0.25, 0.3) is 0 Å². The maximum atomic E-state index is 10.7. The first-order valence-electron chi connectivity index (χ1n) is 5.67. The van der Waals surface area contributed by atoms with Crippen LogP contribution in [0, 0.1) is 10.1 Å². The molecule has 0 aliphatic heterocycles. The monoisotopic (exact) mass is 259 g/mol. The summed E-state index contributed by atoms with van der Waals surface area (Å²) in [4.78, 5) is 14.2. The number of aromatic nitrogens is 1. The van der Waals surface area contributed by atoms with Crippen molar-refractivity contribution in [3.63, 3.8) is 0 Å². The van der Waals surface area contributed by atoms with Gasteiger partial charge in [-0.2, -0.15) is 0 Å². The second kappa shape index (κ2) is 5.81. The van der Waals surface area contributed by atoms with Crippen LogP contribution in [0.15, 0.2) is 42.6 Å². The molecule has 0 saturated heterocycles. The van der Waals surface area contributed by atoms with Crippen molar-refractivity contribution < 1.29 is 9.66 Å². The van der Waals surface area contributed by atoms with Gasteiger partial charge in [0, 0.05) is 24.4 Å². The molecular weight excluding hydrogens is 246 g/mol. The molecule has 1 N–H and O–H groups in total. The third-order valence-corrected chi connectivity index (χ3v) is 2.61. The number of nitro groups is 1. The van der Waals surface area contributed by atoms with E-state index in [1.54, 1.807) is 7.11 Å².